The first-order valence-corrected chi connectivity index (χ1v) is 10.2. The molecule has 0 aliphatic heterocycles. The fraction of sp³-hybridized carbons (Fsp3) is 0.167. The van der Waals surface area contributed by atoms with Crippen molar-refractivity contribution in [3.8, 4) is 11.3 Å². The third-order valence-electron chi connectivity index (χ3n) is 3.86. The van der Waals surface area contributed by atoms with Gasteiger partial charge >= 0.3 is 0 Å². The van der Waals surface area contributed by atoms with Crippen molar-refractivity contribution in [2.75, 3.05) is 0 Å². The Bertz CT molecular complexity index is 1020. The van der Waals surface area contributed by atoms with Crippen molar-refractivity contribution in [1.82, 2.24) is 9.88 Å². The molecule has 0 amide bonds. The van der Waals surface area contributed by atoms with Crippen LogP contribution >= 0.6 is 15.9 Å². The Labute approximate surface area is 159 Å². The van der Waals surface area contributed by atoms with Crippen LogP contribution in [0.5, 0.6) is 0 Å². The highest BCUT2D eigenvalue weighted by Crippen LogP contribution is 2.25. The predicted octanol–water partition coefficient (Wildman–Crippen LogP) is 4.17. The number of nitrogens with one attached hydrogen (secondary N) is 1. The maximum atomic E-state index is 13.5. The first-order valence-electron chi connectivity index (χ1n) is 7.77. The summed E-state index contributed by atoms with van der Waals surface area (Å²) >= 11 is 3.04. The van der Waals surface area contributed by atoms with E-state index in [0.717, 1.165) is 11.1 Å². The summed E-state index contributed by atoms with van der Waals surface area (Å²) in [5.74, 6) is -0.216. The van der Waals surface area contributed by atoms with Crippen molar-refractivity contribution in [2.24, 2.45) is 0 Å². The molecule has 8 heteroatoms. The van der Waals surface area contributed by atoms with E-state index in [1.165, 1.54) is 12.1 Å². The van der Waals surface area contributed by atoms with Gasteiger partial charge in [0.05, 0.1) is 16.8 Å². The minimum Gasteiger partial charge on any atom is -0.356 e. The molecule has 0 aliphatic rings. The van der Waals surface area contributed by atoms with Crippen LogP contribution in [0.3, 0.4) is 0 Å². The van der Waals surface area contributed by atoms with Crippen LogP contribution in [0.4, 0.5) is 4.39 Å². The first kappa shape index (κ1) is 18.8. The van der Waals surface area contributed by atoms with Crippen LogP contribution in [0.1, 0.15) is 16.8 Å². The Morgan fingerprint density at radius 3 is 2.62 bits per heavy atom. The van der Waals surface area contributed by atoms with E-state index in [2.05, 4.69) is 25.8 Å². The van der Waals surface area contributed by atoms with Gasteiger partial charge in [-0.1, -0.05) is 41.6 Å². The molecular weight excluding hydrogens is 423 g/mol. The van der Waals surface area contributed by atoms with E-state index in [4.69, 9.17) is 4.52 Å². The first-order chi connectivity index (χ1) is 12.4. The molecule has 2 aromatic carbocycles. The zero-order chi connectivity index (χ0) is 18.7. The standard InChI is InChI=1S/C18H16BrFN2O3S/c1-12-17(22-25-18(12)14-5-3-2-4-6-14)10-21-26(23,24)11-13-7-8-15(19)16(20)9-13/h2-9,21H,10-11H2,1H3. The molecule has 0 saturated heterocycles. The molecule has 26 heavy (non-hydrogen) atoms. The van der Waals surface area contributed by atoms with E-state index in [1.54, 1.807) is 6.07 Å². The number of rotatable bonds is 6. The van der Waals surface area contributed by atoms with Gasteiger partial charge in [-0.2, -0.15) is 0 Å². The number of benzene rings is 2. The minimum atomic E-state index is -3.65. The van der Waals surface area contributed by atoms with Gasteiger partial charge < -0.3 is 4.52 Å². The highest BCUT2D eigenvalue weighted by atomic mass is 79.9. The van der Waals surface area contributed by atoms with E-state index in [-0.39, 0.29) is 12.3 Å². The molecule has 1 aromatic heterocycles. The van der Waals surface area contributed by atoms with Gasteiger partial charge in [-0.3, -0.25) is 0 Å². The van der Waals surface area contributed by atoms with Crippen LogP contribution in [0, 0.1) is 12.7 Å². The van der Waals surface area contributed by atoms with Crippen molar-refractivity contribution < 1.29 is 17.3 Å². The van der Waals surface area contributed by atoms with E-state index in [9.17, 15) is 12.8 Å². The lowest BCUT2D eigenvalue weighted by Crippen LogP contribution is -2.25. The average Bonchev–Trinajstić information content (AvgIpc) is 2.98. The van der Waals surface area contributed by atoms with Gasteiger partial charge in [0.1, 0.15) is 11.5 Å². The van der Waals surface area contributed by atoms with Crippen LogP contribution < -0.4 is 4.72 Å². The van der Waals surface area contributed by atoms with E-state index < -0.39 is 15.8 Å². The van der Waals surface area contributed by atoms with Crippen LogP contribution in [0.25, 0.3) is 11.3 Å². The Balaban J connectivity index is 1.70. The summed E-state index contributed by atoms with van der Waals surface area (Å²) in [5, 5.41) is 3.96. The molecule has 1 heterocycles. The molecule has 0 saturated carbocycles. The molecule has 0 atom stereocenters. The van der Waals surface area contributed by atoms with Crippen molar-refractivity contribution in [2.45, 2.75) is 19.2 Å². The van der Waals surface area contributed by atoms with Crippen molar-refractivity contribution in [3.63, 3.8) is 0 Å². The summed E-state index contributed by atoms with van der Waals surface area (Å²) in [6.45, 7) is 1.83. The molecule has 0 fully saturated rings. The zero-order valence-electron chi connectivity index (χ0n) is 13.9. The SMILES string of the molecule is Cc1c(CNS(=O)(=O)Cc2ccc(Br)c(F)c2)noc1-c1ccccc1. The second-order valence-electron chi connectivity index (χ2n) is 5.78. The van der Waals surface area contributed by atoms with Crippen molar-refractivity contribution >= 4 is 26.0 Å². The second kappa shape index (κ2) is 7.69. The monoisotopic (exact) mass is 438 g/mol. The van der Waals surface area contributed by atoms with Gasteiger partial charge in [0, 0.05) is 11.1 Å². The summed E-state index contributed by atoms with van der Waals surface area (Å²) in [6.07, 6.45) is 0. The van der Waals surface area contributed by atoms with Crippen LogP contribution in [-0.4, -0.2) is 13.6 Å². The molecular formula is C18H16BrFN2O3S. The lowest BCUT2D eigenvalue weighted by Gasteiger charge is -2.06. The zero-order valence-corrected chi connectivity index (χ0v) is 16.3. The molecule has 3 rings (SSSR count). The lowest BCUT2D eigenvalue weighted by molar-refractivity contribution is 0.422. The van der Waals surface area contributed by atoms with Crippen LogP contribution in [0.15, 0.2) is 57.5 Å². The number of aromatic nitrogens is 1. The van der Waals surface area contributed by atoms with E-state index >= 15 is 0 Å². The summed E-state index contributed by atoms with van der Waals surface area (Å²) in [4.78, 5) is 0. The number of hydrogen-bond donors (Lipinski definition) is 1. The molecule has 0 aliphatic carbocycles. The quantitative estimate of drug-likeness (QED) is 0.626. The number of halogens is 2. The summed E-state index contributed by atoms with van der Waals surface area (Å²) < 4.78 is 46.2. The smallest absolute Gasteiger partial charge is 0.216 e. The highest BCUT2D eigenvalue weighted by Gasteiger charge is 2.17. The van der Waals surface area contributed by atoms with Gasteiger partial charge in [0.25, 0.3) is 0 Å². The number of sulfonamides is 1. The largest absolute Gasteiger partial charge is 0.356 e. The van der Waals surface area contributed by atoms with Gasteiger partial charge in [-0.05, 0) is 40.5 Å². The predicted molar refractivity (Wildman–Crippen MR) is 100 cm³/mol. The summed E-state index contributed by atoms with van der Waals surface area (Å²) in [6, 6.07) is 13.7. The molecule has 136 valence electrons. The van der Waals surface area contributed by atoms with Gasteiger partial charge in [0.2, 0.25) is 10.0 Å². The molecule has 0 bridgehead atoms. The Kier molecular flexibility index (Phi) is 5.55. The second-order valence-corrected chi connectivity index (χ2v) is 8.44. The van der Waals surface area contributed by atoms with E-state index in [0.29, 0.717) is 21.5 Å². The third-order valence-corrected chi connectivity index (χ3v) is 5.80. The van der Waals surface area contributed by atoms with Crippen LogP contribution in [-0.2, 0) is 22.3 Å². The van der Waals surface area contributed by atoms with Crippen molar-refractivity contribution in [1.29, 1.82) is 0 Å². The highest BCUT2D eigenvalue weighted by molar-refractivity contribution is 9.10. The Morgan fingerprint density at radius 2 is 1.92 bits per heavy atom. The van der Waals surface area contributed by atoms with E-state index in [1.807, 2.05) is 37.3 Å². The lowest BCUT2D eigenvalue weighted by atomic mass is 10.1. The fourth-order valence-electron chi connectivity index (χ4n) is 2.47. The maximum absolute atomic E-state index is 13.5. The summed E-state index contributed by atoms with van der Waals surface area (Å²) in [7, 11) is -3.65. The molecule has 0 radical (unpaired) electrons. The Morgan fingerprint density at radius 1 is 1.19 bits per heavy atom. The third kappa shape index (κ3) is 4.38. The number of nitrogens with zero attached hydrogens (tertiary/aromatic N) is 1. The Hall–Kier alpha value is -2.03. The minimum absolute atomic E-state index is 0.00348. The summed E-state index contributed by atoms with van der Waals surface area (Å²) in [5.41, 5.74) is 2.51. The molecule has 3 aromatic rings. The molecule has 0 spiro atoms. The molecule has 1 N–H and O–H groups in total. The van der Waals surface area contributed by atoms with Crippen LogP contribution in [0.2, 0.25) is 0 Å². The number of hydrogen-bond acceptors (Lipinski definition) is 4. The normalized spacial score (nSPS) is 11.7. The van der Waals surface area contributed by atoms with Crippen molar-refractivity contribution in [3.05, 3.63) is 75.6 Å². The molecule has 5 nitrogen and oxygen atoms in total. The average molecular weight is 439 g/mol. The fourth-order valence-corrected chi connectivity index (χ4v) is 3.79. The van der Waals surface area contributed by atoms with Gasteiger partial charge in [-0.15, -0.1) is 0 Å². The molecule has 0 unspecified atom stereocenters. The van der Waals surface area contributed by atoms with Gasteiger partial charge in [-0.25, -0.2) is 17.5 Å². The van der Waals surface area contributed by atoms with Gasteiger partial charge in [0.15, 0.2) is 5.76 Å². The topological polar surface area (TPSA) is 72.2 Å². The maximum Gasteiger partial charge on any atom is 0.216 e.